The molecule has 27 heavy (non-hydrogen) atoms. The quantitative estimate of drug-likeness (QED) is 0.724. The SMILES string of the molecule is CO[C@@H]1O[C@H](COC(=O)c2ccccc2)[C@@H](F)[C@H]1OC(=O)c1ccccc1. The van der Waals surface area contributed by atoms with Gasteiger partial charge in [0.25, 0.3) is 0 Å². The van der Waals surface area contributed by atoms with Gasteiger partial charge in [0.1, 0.15) is 12.7 Å². The van der Waals surface area contributed by atoms with Crippen LogP contribution in [0.3, 0.4) is 0 Å². The molecule has 0 bridgehead atoms. The Kier molecular flexibility index (Phi) is 6.16. The smallest absolute Gasteiger partial charge is 0.338 e. The number of carbonyl (C=O) groups excluding carboxylic acids is 2. The summed E-state index contributed by atoms with van der Waals surface area (Å²) < 4.78 is 35.6. The molecular weight excluding hydrogens is 355 g/mol. The maximum atomic E-state index is 14.7. The van der Waals surface area contributed by atoms with Crippen molar-refractivity contribution in [1.82, 2.24) is 0 Å². The standard InChI is InChI=1S/C20H19FO6/c1-24-20-17(27-19(23)14-10-6-3-7-11-14)16(21)15(26-20)12-25-18(22)13-8-4-2-5-9-13/h2-11,15-17,20H,12H2,1H3/t15-,16-,17-,20-/m1/s1. The number of carbonyl (C=O) groups is 2. The Labute approximate surface area is 155 Å². The van der Waals surface area contributed by atoms with Crippen LogP contribution in [-0.4, -0.2) is 50.3 Å². The van der Waals surface area contributed by atoms with Crippen molar-refractivity contribution in [3.05, 3.63) is 71.8 Å². The van der Waals surface area contributed by atoms with Crippen LogP contribution >= 0.6 is 0 Å². The van der Waals surface area contributed by atoms with Crippen molar-refractivity contribution in [2.24, 2.45) is 0 Å². The lowest BCUT2D eigenvalue weighted by Gasteiger charge is -2.18. The number of benzene rings is 2. The molecule has 0 radical (unpaired) electrons. The third-order valence-electron chi connectivity index (χ3n) is 4.12. The topological polar surface area (TPSA) is 71.1 Å². The molecular formula is C20H19FO6. The lowest BCUT2D eigenvalue weighted by atomic mass is 10.1. The summed E-state index contributed by atoms with van der Waals surface area (Å²) in [5.41, 5.74) is 0.639. The van der Waals surface area contributed by atoms with E-state index in [4.69, 9.17) is 18.9 Å². The maximum absolute atomic E-state index is 14.7. The minimum atomic E-state index is -1.70. The average Bonchev–Trinajstić information content (AvgIpc) is 3.02. The van der Waals surface area contributed by atoms with Crippen LogP contribution < -0.4 is 0 Å². The van der Waals surface area contributed by atoms with Crippen molar-refractivity contribution in [3.63, 3.8) is 0 Å². The van der Waals surface area contributed by atoms with Crippen LogP contribution in [-0.2, 0) is 18.9 Å². The maximum Gasteiger partial charge on any atom is 0.338 e. The second-order valence-corrected chi connectivity index (χ2v) is 5.92. The van der Waals surface area contributed by atoms with Crippen molar-refractivity contribution in [3.8, 4) is 0 Å². The lowest BCUT2D eigenvalue weighted by molar-refractivity contribution is -0.155. The minimum Gasteiger partial charge on any atom is -0.459 e. The molecule has 0 N–H and O–H groups in total. The highest BCUT2D eigenvalue weighted by Crippen LogP contribution is 2.28. The van der Waals surface area contributed by atoms with Gasteiger partial charge in [-0.15, -0.1) is 0 Å². The van der Waals surface area contributed by atoms with Crippen LogP contribution in [0.25, 0.3) is 0 Å². The molecule has 1 aliphatic heterocycles. The molecule has 4 atom stereocenters. The predicted molar refractivity (Wildman–Crippen MR) is 92.9 cm³/mol. The Morgan fingerprint density at radius 3 is 2.07 bits per heavy atom. The summed E-state index contributed by atoms with van der Waals surface area (Å²) in [7, 11) is 1.32. The third-order valence-corrected chi connectivity index (χ3v) is 4.12. The first-order valence-electron chi connectivity index (χ1n) is 8.40. The van der Waals surface area contributed by atoms with E-state index in [0.29, 0.717) is 11.1 Å². The summed E-state index contributed by atoms with van der Waals surface area (Å²) in [6.45, 7) is -0.325. The van der Waals surface area contributed by atoms with Gasteiger partial charge in [-0.05, 0) is 24.3 Å². The van der Waals surface area contributed by atoms with Crippen molar-refractivity contribution < 1.29 is 32.9 Å². The van der Waals surface area contributed by atoms with Gasteiger partial charge < -0.3 is 18.9 Å². The van der Waals surface area contributed by atoms with Crippen LogP contribution in [0, 0.1) is 0 Å². The predicted octanol–water partition coefficient (Wildman–Crippen LogP) is 2.78. The number of methoxy groups -OCH3 is 1. The zero-order chi connectivity index (χ0) is 19.2. The van der Waals surface area contributed by atoms with Crippen LogP contribution in [0.5, 0.6) is 0 Å². The zero-order valence-electron chi connectivity index (χ0n) is 14.6. The molecule has 2 aromatic carbocycles. The first-order valence-corrected chi connectivity index (χ1v) is 8.40. The summed E-state index contributed by atoms with van der Waals surface area (Å²) in [6, 6.07) is 16.6. The van der Waals surface area contributed by atoms with E-state index >= 15 is 0 Å². The number of hydrogen-bond acceptors (Lipinski definition) is 6. The monoisotopic (exact) mass is 374 g/mol. The molecule has 2 aromatic rings. The normalized spacial score (nSPS) is 24.4. The second kappa shape index (κ2) is 8.75. The Morgan fingerprint density at radius 2 is 1.52 bits per heavy atom. The Bertz CT molecular complexity index is 767. The largest absolute Gasteiger partial charge is 0.459 e. The van der Waals surface area contributed by atoms with E-state index < -0.39 is 36.6 Å². The number of alkyl halides is 1. The molecule has 0 unspecified atom stereocenters. The first kappa shape index (κ1) is 19.0. The van der Waals surface area contributed by atoms with Crippen LogP contribution in [0.1, 0.15) is 20.7 Å². The van der Waals surface area contributed by atoms with Gasteiger partial charge in [0.05, 0.1) is 11.1 Å². The first-order chi connectivity index (χ1) is 13.1. The molecule has 3 rings (SSSR count). The highest BCUT2D eigenvalue weighted by atomic mass is 19.1. The Morgan fingerprint density at radius 1 is 0.963 bits per heavy atom. The number of halogens is 1. The van der Waals surface area contributed by atoms with Gasteiger partial charge in [0.15, 0.2) is 18.6 Å². The summed E-state index contributed by atoms with van der Waals surface area (Å²) in [5, 5.41) is 0. The van der Waals surface area contributed by atoms with Crippen molar-refractivity contribution in [2.75, 3.05) is 13.7 Å². The molecule has 0 spiro atoms. The summed E-state index contributed by atoms with van der Waals surface area (Å²) in [6.07, 6.45) is -5.15. The van der Waals surface area contributed by atoms with Crippen molar-refractivity contribution in [1.29, 1.82) is 0 Å². The zero-order valence-corrected chi connectivity index (χ0v) is 14.6. The number of hydrogen-bond donors (Lipinski definition) is 0. The molecule has 7 heteroatoms. The van der Waals surface area contributed by atoms with Crippen LogP contribution in [0.4, 0.5) is 4.39 Å². The van der Waals surface area contributed by atoms with Gasteiger partial charge in [0, 0.05) is 7.11 Å². The summed E-state index contributed by atoms with van der Waals surface area (Å²) in [4.78, 5) is 24.2. The molecule has 1 saturated heterocycles. The molecule has 0 saturated carbocycles. The Balaban J connectivity index is 1.60. The molecule has 1 heterocycles. The van der Waals surface area contributed by atoms with E-state index in [1.807, 2.05) is 0 Å². The molecule has 0 amide bonds. The molecule has 0 aromatic heterocycles. The fourth-order valence-corrected chi connectivity index (χ4v) is 2.71. The minimum absolute atomic E-state index is 0.290. The summed E-state index contributed by atoms with van der Waals surface area (Å²) in [5.74, 6) is -1.28. The van der Waals surface area contributed by atoms with Gasteiger partial charge in [0.2, 0.25) is 0 Å². The van der Waals surface area contributed by atoms with Gasteiger partial charge in [-0.1, -0.05) is 36.4 Å². The highest BCUT2D eigenvalue weighted by Gasteiger charge is 2.48. The highest BCUT2D eigenvalue weighted by molar-refractivity contribution is 5.89. The Hall–Kier alpha value is -2.77. The second-order valence-electron chi connectivity index (χ2n) is 5.92. The van der Waals surface area contributed by atoms with E-state index in [2.05, 4.69) is 0 Å². The fraction of sp³-hybridized carbons (Fsp3) is 0.300. The third kappa shape index (κ3) is 4.50. The summed E-state index contributed by atoms with van der Waals surface area (Å²) >= 11 is 0. The average molecular weight is 374 g/mol. The van der Waals surface area contributed by atoms with Crippen molar-refractivity contribution >= 4 is 11.9 Å². The van der Waals surface area contributed by atoms with Gasteiger partial charge in [-0.25, -0.2) is 14.0 Å². The van der Waals surface area contributed by atoms with Gasteiger partial charge in [-0.2, -0.15) is 0 Å². The lowest BCUT2D eigenvalue weighted by Crippen LogP contribution is -2.36. The van der Waals surface area contributed by atoms with E-state index in [9.17, 15) is 14.0 Å². The van der Waals surface area contributed by atoms with E-state index in [-0.39, 0.29) is 6.61 Å². The van der Waals surface area contributed by atoms with Crippen molar-refractivity contribution in [2.45, 2.75) is 24.7 Å². The fourth-order valence-electron chi connectivity index (χ4n) is 2.71. The molecule has 0 aliphatic carbocycles. The number of rotatable bonds is 6. The number of esters is 2. The van der Waals surface area contributed by atoms with E-state index in [1.165, 1.54) is 7.11 Å². The molecule has 1 fully saturated rings. The molecule has 1 aliphatic rings. The molecule has 6 nitrogen and oxygen atoms in total. The molecule has 142 valence electrons. The van der Waals surface area contributed by atoms with E-state index in [0.717, 1.165) is 0 Å². The van der Waals surface area contributed by atoms with Crippen LogP contribution in [0.2, 0.25) is 0 Å². The van der Waals surface area contributed by atoms with E-state index in [1.54, 1.807) is 60.7 Å². The van der Waals surface area contributed by atoms with Crippen LogP contribution in [0.15, 0.2) is 60.7 Å². The van der Waals surface area contributed by atoms with Gasteiger partial charge in [-0.3, -0.25) is 0 Å². The number of ether oxygens (including phenoxy) is 4. The van der Waals surface area contributed by atoms with Gasteiger partial charge >= 0.3 is 11.9 Å².